The van der Waals surface area contributed by atoms with Gasteiger partial charge in [-0.15, -0.1) is 16.4 Å². The van der Waals surface area contributed by atoms with Crippen LogP contribution in [0.25, 0.3) is 5.69 Å². The molecule has 0 saturated carbocycles. The smallest absolute Gasteiger partial charge is 0.239 e. The minimum absolute atomic E-state index is 0.0169. The number of carbonyl (C=O) groups is 1. The van der Waals surface area contributed by atoms with Gasteiger partial charge in [-0.3, -0.25) is 4.79 Å². The lowest BCUT2D eigenvalue weighted by Crippen LogP contribution is -2.31. The molecule has 0 aliphatic rings. The van der Waals surface area contributed by atoms with Crippen LogP contribution in [0.5, 0.6) is 0 Å². The first-order valence-corrected chi connectivity index (χ1v) is 8.42. The molecule has 2 aromatic heterocycles. The van der Waals surface area contributed by atoms with Gasteiger partial charge in [0, 0.05) is 10.6 Å². The van der Waals surface area contributed by atoms with Crippen LogP contribution in [0.2, 0.25) is 0 Å². The quantitative estimate of drug-likeness (QED) is 0.718. The van der Waals surface area contributed by atoms with Gasteiger partial charge < -0.3 is 10.6 Å². The number of nitrogens with one attached hydrogen (secondary N) is 2. The predicted octanol–water partition coefficient (Wildman–Crippen LogP) is 2.32. The van der Waals surface area contributed by atoms with E-state index in [0.29, 0.717) is 0 Å². The van der Waals surface area contributed by atoms with Crippen LogP contribution in [0.4, 0.5) is 5.69 Å². The Kier molecular flexibility index (Phi) is 4.85. The van der Waals surface area contributed by atoms with Crippen molar-refractivity contribution < 1.29 is 4.79 Å². The molecule has 2 N–H and O–H groups in total. The molecule has 8 heteroatoms. The molecule has 1 unspecified atom stereocenters. The van der Waals surface area contributed by atoms with E-state index in [1.807, 2.05) is 49.6 Å². The van der Waals surface area contributed by atoms with Gasteiger partial charge in [-0.05, 0) is 59.5 Å². The second-order valence-electron chi connectivity index (χ2n) is 5.41. The lowest BCUT2D eigenvalue weighted by molar-refractivity contribution is -0.120. The molecule has 0 aliphatic heterocycles. The van der Waals surface area contributed by atoms with E-state index >= 15 is 0 Å². The fourth-order valence-electron chi connectivity index (χ4n) is 2.38. The number of amides is 1. The molecule has 0 bridgehead atoms. The number of thiophene rings is 1. The van der Waals surface area contributed by atoms with Crippen LogP contribution < -0.4 is 10.6 Å². The Morgan fingerprint density at radius 3 is 2.92 bits per heavy atom. The number of anilines is 1. The molecular weight excluding hydrogens is 324 g/mol. The molecule has 0 saturated heterocycles. The van der Waals surface area contributed by atoms with Crippen LogP contribution in [0.3, 0.4) is 0 Å². The van der Waals surface area contributed by atoms with E-state index in [-0.39, 0.29) is 18.5 Å². The van der Waals surface area contributed by atoms with Gasteiger partial charge in [0.05, 0.1) is 18.3 Å². The van der Waals surface area contributed by atoms with Gasteiger partial charge in [0.1, 0.15) is 6.33 Å². The number of rotatable bonds is 6. The van der Waals surface area contributed by atoms with E-state index in [4.69, 9.17) is 0 Å². The highest BCUT2D eigenvalue weighted by atomic mass is 32.1. The Morgan fingerprint density at radius 2 is 2.25 bits per heavy atom. The maximum atomic E-state index is 12.1. The second-order valence-corrected chi connectivity index (χ2v) is 6.39. The van der Waals surface area contributed by atoms with Crippen molar-refractivity contribution in [1.82, 2.24) is 25.5 Å². The van der Waals surface area contributed by atoms with Gasteiger partial charge in [-0.2, -0.15) is 0 Å². The fraction of sp³-hybridized carbons (Fsp3) is 0.250. The third-order valence-electron chi connectivity index (χ3n) is 3.59. The van der Waals surface area contributed by atoms with E-state index in [0.717, 1.165) is 21.8 Å². The minimum atomic E-state index is -0.0434. The molecule has 1 amide bonds. The third kappa shape index (κ3) is 3.77. The van der Waals surface area contributed by atoms with Crippen LogP contribution in [-0.2, 0) is 4.79 Å². The monoisotopic (exact) mass is 342 g/mol. The van der Waals surface area contributed by atoms with E-state index in [9.17, 15) is 4.79 Å². The van der Waals surface area contributed by atoms with E-state index in [1.165, 1.54) is 0 Å². The van der Waals surface area contributed by atoms with Gasteiger partial charge in [0.2, 0.25) is 5.91 Å². The van der Waals surface area contributed by atoms with Crippen molar-refractivity contribution in [2.75, 3.05) is 11.9 Å². The average molecular weight is 342 g/mol. The van der Waals surface area contributed by atoms with Crippen LogP contribution in [0, 0.1) is 6.92 Å². The number of hydrogen-bond donors (Lipinski definition) is 2. The zero-order valence-electron chi connectivity index (χ0n) is 13.4. The molecule has 24 heavy (non-hydrogen) atoms. The van der Waals surface area contributed by atoms with Crippen molar-refractivity contribution in [1.29, 1.82) is 0 Å². The Morgan fingerprint density at radius 1 is 1.38 bits per heavy atom. The first-order chi connectivity index (χ1) is 11.6. The van der Waals surface area contributed by atoms with E-state index in [2.05, 4.69) is 26.2 Å². The highest BCUT2D eigenvalue weighted by Gasteiger charge is 2.10. The maximum absolute atomic E-state index is 12.1. The highest BCUT2D eigenvalue weighted by Crippen LogP contribution is 2.19. The van der Waals surface area contributed by atoms with Gasteiger partial charge in [0.15, 0.2) is 0 Å². The first-order valence-electron chi connectivity index (χ1n) is 7.54. The van der Waals surface area contributed by atoms with E-state index in [1.54, 1.807) is 22.3 Å². The summed E-state index contributed by atoms with van der Waals surface area (Å²) in [6, 6.07) is 9.80. The highest BCUT2D eigenvalue weighted by molar-refractivity contribution is 7.10. The molecule has 3 rings (SSSR count). The lowest BCUT2D eigenvalue weighted by atomic mass is 10.2. The number of nitrogens with zero attached hydrogens (tertiary/aromatic N) is 4. The van der Waals surface area contributed by atoms with Crippen molar-refractivity contribution in [3.63, 3.8) is 0 Å². The summed E-state index contributed by atoms with van der Waals surface area (Å²) in [5, 5.41) is 19.3. The van der Waals surface area contributed by atoms with Crippen molar-refractivity contribution in [3.05, 3.63) is 52.5 Å². The summed E-state index contributed by atoms with van der Waals surface area (Å²) >= 11 is 1.64. The first kappa shape index (κ1) is 16.1. The summed E-state index contributed by atoms with van der Waals surface area (Å²) in [5.74, 6) is -0.0434. The third-order valence-corrected chi connectivity index (χ3v) is 4.65. The van der Waals surface area contributed by atoms with Gasteiger partial charge >= 0.3 is 0 Å². The van der Waals surface area contributed by atoms with Crippen LogP contribution in [0.1, 0.15) is 23.4 Å². The molecule has 0 spiro atoms. The molecule has 2 heterocycles. The summed E-state index contributed by atoms with van der Waals surface area (Å²) in [4.78, 5) is 13.2. The van der Waals surface area contributed by atoms with Crippen molar-refractivity contribution in [2.45, 2.75) is 19.9 Å². The van der Waals surface area contributed by atoms with Crippen molar-refractivity contribution in [3.8, 4) is 5.69 Å². The Hall–Kier alpha value is -2.74. The number of carbonyl (C=O) groups excluding carboxylic acids is 1. The molecule has 0 radical (unpaired) electrons. The van der Waals surface area contributed by atoms with Gasteiger partial charge in [-0.25, -0.2) is 4.68 Å². The molecule has 0 fully saturated rings. The summed E-state index contributed by atoms with van der Waals surface area (Å²) < 4.78 is 1.61. The largest absolute Gasteiger partial charge is 0.376 e. The topological polar surface area (TPSA) is 84.7 Å². The summed E-state index contributed by atoms with van der Waals surface area (Å²) in [6.07, 6.45) is 1.55. The van der Waals surface area contributed by atoms with Crippen molar-refractivity contribution in [2.24, 2.45) is 0 Å². The van der Waals surface area contributed by atoms with Crippen LogP contribution in [-0.4, -0.2) is 32.7 Å². The fourth-order valence-corrected chi connectivity index (χ4v) is 3.11. The number of hydrogen-bond acceptors (Lipinski definition) is 6. The number of aryl methyl sites for hydroxylation is 1. The maximum Gasteiger partial charge on any atom is 0.239 e. The SMILES string of the molecule is Cc1cc(NCC(=O)NC(C)c2cccs2)ccc1-n1cnnn1. The zero-order valence-corrected chi connectivity index (χ0v) is 14.2. The molecule has 1 aromatic carbocycles. The molecule has 1 atom stereocenters. The lowest BCUT2D eigenvalue weighted by Gasteiger charge is -2.14. The normalized spacial score (nSPS) is 11.9. The minimum Gasteiger partial charge on any atom is -0.376 e. The van der Waals surface area contributed by atoms with Crippen molar-refractivity contribution >= 4 is 22.9 Å². The molecule has 0 aliphatic carbocycles. The van der Waals surface area contributed by atoms with Crippen LogP contribution >= 0.6 is 11.3 Å². The number of aromatic nitrogens is 4. The molecule has 3 aromatic rings. The Bertz CT molecular complexity index is 800. The summed E-state index contributed by atoms with van der Waals surface area (Å²) in [7, 11) is 0. The van der Waals surface area contributed by atoms with Crippen LogP contribution in [0.15, 0.2) is 42.0 Å². The Balaban J connectivity index is 1.56. The predicted molar refractivity (Wildman–Crippen MR) is 93.3 cm³/mol. The Labute approximate surface area is 143 Å². The molecular formula is C16H18N6OS. The number of benzene rings is 1. The number of tetrazole rings is 1. The zero-order chi connectivity index (χ0) is 16.9. The second kappa shape index (κ2) is 7.22. The average Bonchev–Trinajstić information content (AvgIpc) is 3.26. The van der Waals surface area contributed by atoms with E-state index < -0.39 is 0 Å². The van der Waals surface area contributed by atoms with Gasteiger partial charge in [0.25, 0.3) is 0 Å². The standard InChI is InChI=1S/C16H18N6OS/c1-11-8-13(5-6-14(11)22-10-18-20-21-22)17-9-16(23)19-12(2)15-4-3-7-24-15/h3-8,10,12,17H,9H2,1-2H3,(H,19,23). The molecule has 7 nitrogen and oxygen atoms in total. The molecule has 124 valence electrons. The van der Waals surface area contributed by atoms with Gasteiger partial charge in [-0.1, -0.05) is 6.07 Å². The summed E-state index contributed by atoms with van der Waals surface area (Å²) in [6.45, 7) is 4.18. The summed E-state index contributed by atoms with van der Waals surface area (Å²) in [5.41, 5.74) is 2.80.